The number of thioether (sulfide) groups is 1. The van der Waals surface area contributed by atoms with Crippen LogP contribution in [0.2, 0.25) is 0 Å². The summed E-state index contributed by atoms with van der Waals surface area (Å²) < 4.78 is 38.8. The van der Waals surface area contributed by atoms with E-state index in [-0.39, 0.29) is 12.8 Å². The van der Waals surface area contributed by atoms with Crippen molar-refractivity contribution in [1.82, 2.24) is 10.6 Å². The van der Waals surface area contributed by atoms with Crippen molar-refractivity contribution in [2.24, 2.45) is 5.92 Å². The van der Waals surface area contributed by atoms with Crippen LogP contribution >= 0.6 is 11.8 Å². The number of halogens is 3. The van der Waals surface area contributed by atoms with E-state index >= 15 is 0 Å². The second-order valence-corrected chi connectivity index (χ2v) is 8.36. The van der Waals surface area contributed by atoms with Crippen LogP contribution < -0.4 is 10.6 Å². The summed E-state index contributed by atoms with van der Waals surface area (Å²) in [5.74, 6) is -2.61. The Kier molecular flexibility index (Phi) is 7.30. The monoisotopic (exact) mass is 450 g/mol. The van der Waals surface area contributed by atoms with Crippen molar-refractivity contribution in [2.45, 2.75) is 49.3 Å². The van der Waals surface area contributed by atoms with Gasteiger partial charge in [-0.3, -0.25) is 9.59 Å². The van der Waals surface area contributed by atoms with E-state index in [0.717, 1.165) is 28.0 Å². The first-order valence-corrected chi connectivity index (χ1v) is 11.4. The molecule has 3 rings (SSSR count). The van der Waals surface area contributed by atoms with E-state index in [4.69, 9.17) is 0 Å². The molecule has 0 aromatic heterocycles. The zero-order valence-electron chi connectivity index (χ0n) is 17.3. The van der Waals surface area contributed by atoms with Crippen LogP contribution in [-0.4, -0.2) is 30.3 Å². The lowest BCUT2D eigenvalue weighted by molar-refractivity contribution is -0.171. The Bertz CT molecular complexity index is 948. The summed E-state index contributed by atoms with van der Waals surface area (Å²) in [6, 6.07) is 13.0. The minimum atomic E-state index is -4.52. The Morgan fingerprint density at radius 2 is 1.94 bits per heavy atom. The summed E-state index contributed by atoms with van der Waals surface area (Å²) in [6.07, 6.45) is -2.22. The van der Waals surface area contributed by atoms with Gasteiger partial charge in [0.25, 0.3) is 0 Å². The fourth-order valence-corrected chi connectivity index (χ4v) is 4.42. The average molecular weight is 451 g/mol. The molecule has 1 fully saturated rings. The molecule has 1 aliphatic rings. The summed E-state index contributed by atoms with van der Waals surface area (Å²) in [4.78, 5) is 26.3. The molecule has 166 valence electrons. The molecular formula is C23H25F3N2O2S. The SMILES string of the molecule is CCc1cccc(C(NC(=O)C2CCC(C(F)(F)F)NC2=O)c2ccccc2SC)c1. The van der Waals surface area contributed by atoms with Crippen molar-refractivity contribution in [3.63, 3.8) is 0 Å². The molecule has 0 spiro atoms. The number of piperidine rings is 1. The van der Waals surface area contributed by atoms with Crippen LogP contribution in [0.3, 0.4) is 0 Å². The van der Waals surface area contributed by atoms with Gasteiger partial charge in [0.2, 0.25) is 11.8 Å². The molecule has 1 aliphatic heterocycles. The largest absolute Gasteiger partial charge is 0.408 e. The molecule has 0 saturated carbocycles. The summed E-state index contributed by atoms with van der Waals surface area (Å²) >= 11 is 1.54. The Balaban J connectivity index is 1.88. The molecule has 0 aliphatic carbocycles. The van der Waals surface area contributed by atoms with Crippen molar-refractivity contribution in [1.29, 1.82) is 0 Å². The van der Waals surface area contributed by atoms with Gasteiger partial charge in [-0.2, -0.15) is 13.2 Å². The number of carbonyl (C=O) groups excluding carboxylic acids is 2. The molecular weight excluding hydrogens is 425 g/mol. The maximum Gasteiger partial charge on any atom is 0.408 e. The molecule has 0 radical (unpaired) electrons. The first-order chi connectivity index (χ1) is 14.7. The normalized spacial score (nSPS) is 20.1. The van der Waals surface area contributed by atoms with Gasteiger partial charge in [-0.05, 0) is 48.3 Å². The first-order valence-electron chi connectivity index (χ1n) is 10.1. The number of alkyl halides is 3. The lowest BCUT2D eigenvalue weighted by atomic mass is 9.91. The van der Waals surface area contributed by atoms with E-state index in [1.54, 1.807) is 0 Å². The van der Waals surface area contributed by atoms with Crippen LogP contribution in [0.1, 0.15) is 42.5 Å². The van der Waals surface area contributed by atoms with E-state index in [9.17, 15) is 22.8 Å². The fourth-order valence-electron chi connectivity index (χ4n) is 3.79. The third-order valence-corrected chi connectivity index (χ3v) is 6.33. The molecule has 8 heteroatoms. The predicted octanol–water partition coefficient (Wildman–Crippen LogP) is 4.63. The number of hydrogen-bond donors (Lipinski definition) is 2. The van der Waals surface area contributed by atoms with Gasteiger partial charge in [-0.25, -0.2) is 0 Å². The van der Waals surface area contributed by atoms with Crippen LogP contribution in [0.25, 0.3) is 0 Å². The second-order valence-electron chi connectivity index (χ2n) is 7.51. The van der Waals surface area contributed by atoms with Gasteiger partial charge in [-0.1, -0.05) is 49.4 Å². The van der Waals surface area contributed by atoms with Crippen molar-refractivity contribution in [3.8, 4) is 0 Å². The van der Waals surface area contributed by atoms with Crippen molar-refractivity contribution in [3.05, 3.63) is 65.2 Å². The van der Waals surface area contributed by atoms with Gasteiger partial charge in [-0.15, -0.1) is 11.8 Å². The standard InChI is InChI=1S/C23H25F3N2O2S/c1-3-14-7-6-8-15(13-14)20(16-9-4-5-10-18(16)31-2)28-22(30)17-11-12-19(23(24,25)26)27-21(17)29/h4-10,13,17,19-20H,3,11-12H2,1-2H3,(H,27,29)(H,28,30). The third-order valence-electron chi connectivity index (χ3n) is 5.52. The topological polar surface area (TPSA) is 58.2 Å². The van der Waals surface area contributed by atoms with Gasteiger partial charge < -0.3 is 10.6 Å². The second kappa shape index (κ2) is 9.77. The Morgan fingerprint density at radius 3 is 2.58 bits per heavy atom. The summed E-state index contributed by atoms with van der Waals surface area (Å²) in [6.45, 7) is 2.03. The van der Waals surface area contributed by atoms with E-state index in [1.807, 2.05) is 67.0 Å². The van der Waals surface area contributed by atoms with Gasteiger partial charge in [0, 0.05) is 4.90 Å². The van der Waals surface area contributed by atoms with Crippen LogP contribution in [0, 0.1) is 5.92 Å². The van der Waals surface area contributed by atoms with E-state index in [0.29, 0.717) is 0 Å². The van der Waals surface area contributed by atoms with Gasteiger partial charge in [0.15, 0.2) is 0 Å². The molecule has 2 aromatic rings. The van der Waals surface area contributed by atoms with E-state index in [1.165, 1.54) is 11.8 Å². The predicted molar refractivity (Wildman–Crippen MR) is 115 cm³/mol. The maximum absolute atomic E-state index is 13.0. The molecule has 3 unspecified atom stereocenters. The van der Waals surface area contributed by atoms with Crippen LogP contribution in [0.15, 0.2) is 53.4 Å². The number of amides is 2. The molecule has 31 heavy (non-hydrogen) atoms. The third kappa shape index (κ3) is 5.42. The van der Waals surface area contributed by atoms with Gasteiger partial charge >= 0.3 is 6.18 Å². The molecule has 1 saturated heterocycles. The molecule has 4 nitrogen and oxygen atoms in total. The zero-order valence-corrected chi connectivity index (χ0v) is 18.1. The molecule has 2 N–H and O–H groups in total. The Hall–Kier alpha value is -2.48. The molecule has 0 bridgehead atoms. The highest BCUT2D eigenvalue weighted by Gasteiger charge is 2.46. The lowest BCUT2D eigenvalue weighted by Crippen LogP contribution is -2.54. The number of benzene rings is 2. The summed E-state index contributed by atoms with van der Waals surface area (Å²) in [5, 5.41) is 4.89. The average Bonchev–Trinajstić information content (AvgIpc) is 2.76. The number of rotatable bonds is 6. The molecule has 1 heterocycles. The zero-order chi connectivity index (χ0) is 22.6. The van der Waals surface area contributed by atoms with Crippen LogP contribution in [0.4, 0.5) is 13.2 Å². The van der Waals surface area contributed by atoms with Crippen LogP contribution in [0.5, 0.6) is 0 Å². The Morgan fingerprint density at radius 1 is 1.19 bits per heavy atom. The first kappa shape index (κ1) is 23.2. The molecule has 3 atom stereocenters. The smallest absolute Gasteiger partial charge is 0.344 e. The van der Waals surface area contributed by atoms with Gasteiger partial charge in [0.05, 0.1) is 6.04 Å². The Labute approximate surface area is 184 Å². The number of hydrogen-bond acceptors (Lipinski definition) is 3. The summed E-state index contributed by atoms with van der Waals surface area (Å²) in [7, 11) is 0. The van der Waals surface area contributed by atoms with Crippen molar-refractivity contribution in [2.75, 3.05) is 6.26 Å². The number of carbonyl (C=O) groups is 2. The number of nitrogens with one attached hydrogen (secondary N) is 2. The minimum Gasteiger partial charge on any atom is -0.344 e. The lowest BCUT2D eigenvalue weighted by Gasteiger charge is -2.31. The summed E-state index contributed by atoms with van der Waals surface area (Å²) in [5.41, 5.74) is 2.83. The van der Waals surface area contributed by atoms with Gasteiger partial charge in [0.1, 0.15) is 12.0 Å². The highest BCUT2D eigenvalue weighted by atomic mass is 32.2. The van der Waals surface area contributed by atoms with Crippen molar-refractivity contribution >= 4 is 23.6 Å². The maximum atomic E-state index is 13.0. The van der Waals surface area contributed by atoms with Crippen molar-refractivity contribution < 1.29 is 22.8 Å². The van der Waals surface area contributed by atoms with Crippen LogP contribution in [-0.2, 0) is 16.0 Å². The minimum absolute atomic E-state index is 0.145. The quantitative estimate of drug-likeness (QED) is 0.498. The number of aryl methyl sites for hydroxylation is 1. The fraction of sp³-hybridized carbons (Fsp3) is 0.391. The molecule has 2 amide bonds. The highest BCUT2D eigenvalue weighted by Crippen LogP contribution is 2.32. The molecule has 2 aromatic carbocycles. The van der Waals surface area contributed by atoms with E-state index in [2.05, 4.69) is 5.32 Å². The van der Waals surface area contributed by atoms with E-state index < -0.39 is 36.0 Å². The highest BCUT2D eigenvalue weighted by molar-refractivity contribution is 7.98.